The highest BCUT2D eigenvalue weighted by atomic mass is 19.1. The van der Waals surface area contributed by atoms with Crippen molar-refractivity contribution in [2.75, 3.05) is 6.61 Å². The van der Waals surface area contributed by atoms with E-state index in [-0.39, 0.29) is 11.7 Å². The van der Waals surface area contributed by atoms with E-state index in [1.54, 1.807) is 6.92 Å². The molecule has 0 saturated carbocycles. The topological polar surface area (TPSA) is 35.2 Å². The molecule has 0 radical (unpaired) electrons. The van der Waals surface area contributed by atoms with Crippen LogP contribution in [-0.4, -0.2) is 12.7 Å². The van der Waals surface area contributed by atoms with Crippen molar-refractivity contribution >= 4 is 0 Å². The zero-order valence-electron chi connectivity index (χ0n) is 11.3. The molecule has 1 aromatic rings. The first kappa shape index (κ1) is 14.4. The van der Waals surface area contributed by atoms with Crippen molar-refractivity contribution in [3.05, 3.63) is 34.9 Å². The molecule has 0 aliphatic carbocycles. The Balaban J connectivity index is 1.99. The number of ether oxygens (including phenoxy) is 1. The molecule has 1 aliphatic rings. The van der Waals surface area contributed by atoms with Gasteiger partial charge in [0, 0.05) is 18.2 Å². The van der Waals surface area contributed by atoms with Crippen molar-refractivity contribution in [1.29, 1.82) is 0 Å². The second-order valence-corrected chi connectivity index (χ2v) is 5.26. The Morgan fingerprint density at radius 2 is 2.16 bits per heavy atom. The highest BCUT2D eigenvalue weighted by molar-refractivity contribution is 5.29. The molecule has 1 aliphatic heterocycles. The highest BCUT2D eigenvalue weighted by Crippen LogP contribution is 2.27. The molecule has 1 heterocycles. The van der Waals surface area contributed by atoms with E-state index < -0.39 is 17.7 Å². The summed E-state index contributed by atoms with van der Waals surface area (Å²) in [7, 11) is 0. The van der Waals surface area contributed by atoms with Gasteiger partial charge in [-0.15, -0.1) is 0 Å². The Kier molecular flexibility index (Phi) is 4.88. The molecule has 0 spiro atoms. The minimum Gasteiger partial charge on any atom is -0.378 e. The third-order valence-electron chi connectivity index (χ3n) is 3.76. The predicted octanol–water partition coefficient (Wildman–Crippen LogP) is 3.62. The van der Waals surface area contributed by atoms with Crippen LogP contribution in [0.2, 0.25) is 0 Å². The zero-order valence-corrected chi connectivity index (χ0v) is 11.3. The Bertz CT molecular complexity index is 430. The van der Waals surface area contributed by atoms with Crippen molar-refractivity contribution < 1.29 is 13.5 Å². The van der Waals surface area contributed by atoms with Crippen LogP contribution in [0.4, 0.5) is 8.78 Å². The van der Waals surface area contributed by atoms with Crippen molar-refractivity contribution in [2.24, 2.45) is 5.73 Å². The van der Waals surface area contributed by atoms with Crippen molar-refractivity contribution in [3.8, 4) is 0 Å². The molecule has 19 heavy (non-hydrogen) atoms. The van der Waals surface area contributed by atoms with Crippen LogP contribution < -0.4 is 5.73 Å². The summed E-state index contributed by atoms with van der Waals surface area (Å²) in [6, 6.07) is 2.11. The summed E-state index contributed by atoms with van der Waals surface area (Å²) in [5.41, 5.74) is 6.39. The van der Waals surface area contributed by atoms with E-state index in [9.17, 15) is 8.78 Å². The first-order chi connectivity index (χ1) is 9.09. The average Bonchev–Trinajstić information content (AvgIpc) is 2.42. The number of aryl methyl sites for hydroxylation is 1. The van der Waals surface area contributed by atoms with E-state index in [4.69, 9.17) is 10.5 Å². The van der Waals surface area contributed by atoms with Gasteiger partial charge in [0.2, 0.25) is 0 Å². The fraction of sp³-hybridized carbons (Fsp3) is 0.600. The third kappa shape index (κ3) is 3.51. The lowest BCUT2D eigenvalue weighted by Crippen LogP contribution is -2.22. The van der Waals surface area contributed by atoms with Crippen LogP contribution in [0.15, 0.2) is 12.1 Å². The molecule has 1 saturated heterocycles. The van der Waals surface area contributed by atoms with Crippen LogP contribution in [-0.2, 0) is 4.74 Å². The van der Waals surface area contributed by atoms with E-state index in [0.717, 1.165) is 32.3 Å². The normalized spacial score (nSPS) is 21.4. The Morgan fingerprint density at radius 1 is 1.37 bits per heavy atom. The van der Waals surface area contributed by atoms with Crippen LogP contribution in [0.3, 0.4) is 0 Å². The van der Waals surface area contributed by atoms with E-state index in [2.05, 4.69) is 0 Å². The zero-order chi connectivity index (χ0) is 13.8. The molecule has 2 rings (SSSR count). The molecule has 1 fully saturated rings. The second-order valence-electron chi connectivity index (χ2n) is 5.26. The number of benzene rings is 1. The molecule has 0 amide bonds. The molecule has 2 unspecified atom stereocenters. The summed E-state index contributed by atoms with van der Waals surface area (Å²) in [5, 5.41) is 0. The van der Waals surface area contributed by atoms with Gasteiger partial charge in [-0.05, 0) is 50.7 Å². The van der Waals surface area contributed by atoms with Gasteiger partial charge in [0.1, 0.15) is 11.6 Å². The minimum atomic E-state index is -0.606. The number of hydrogen-bond acceptors (Lipinski definition) is 2. The van der Waals surface area contributed by atoms with E-state index in [1.165, 1.54) is 12.1 Å². The molecule has 0 aromatic heterocycles. The monoisotopic (exact) mass is 269 g/mol. The molecule has 106 valence electrons. The van der Waals surface area contributed by atoms with E-state index >= 15 is 0 Å². The summed E-state index contributed by atoms with van der Waals surface area (Å²) in [6.07, 6.45) is 4.77. The summed E-state index contributed by atoms with van der Waals surface area (Å²) in [5.74, 6) is -1.07. The van der Waals surface area contributed by atoms with Gasteiger partial charge in [-0.2, -0.15) is 0 Å². The maximum atomic E-state index is 13.9. The smallest absolute Gasteiger partial charge is 0.133 e. The van der Waals surface area contributed by atoms with Crippen LogP contribution in [0, 0.1) is 18.6 Å². The molecule has 2 N–H and O–H groups in total. The largest absolute Gasteiger partial charge is 0.378 e. The van der Waals surface area contributed by atoms with Crippen molar-refractivity contribution in [3.63, 3.8) is 0 Å². The fourth-order valence-corrected chi connectivity index (χ4v) is 2.56. The van der Waals surface area contributed by atoms with Gasteiger partial charge in [0.05, 0.1) is 6.10 Å². The van der Waals surface area contributed by atoms with Gasteiger partial charge in [-0.3, -0.25) is 0 Å². The average molecular weight is 269 g/mol. The minimum absolute atomic E-state index is 0.0100. The number of halogens is 2. The highest BCUT2D eigenvalue weighted by Gasteiger charge is 2.21. The van der Waals surface area contributed by atoms with Gasteiger partial charge in [0.15, 0.2) is 0 Å². The number of nitrogens with two attached hydrogens (primary N) is 1. The predicted molar refractivity (Wildman–Crippen MR) is 70.8 cm³/mol. The Morgan fingerprint density at radius 3 is 2.84 bits per heavy atom. The van der Waals surface area contributed by atoms with Crippen LogP contribution >= 0.6 is 0 Å². The Labute approximate surface area is 112 Å². The van der Waals surface area contributed by atoms with E-state index in [0.29, 0.717) is 12.0 Å². The number of hydrogen-bond donors (Lipinski definition) is 1. The first-order valence-corrected chi connectivity index (χ1v) is 6.91. The van der Waals surface area contributed by atoms with Gasteiger partial charge < -0.3 is 10.5 Å². The molecule has 4 heteroatoms. The maximum absolute atomic E-state index is 13.9. The summed E-state index contributed by atoms with van der Waals surface area (Å²) < 4.78 is 33.2. The summed E-state index contributed by atoms with van der Waals surface area (Å²) >= 11 is 0. The summed E-state index contributed by atoms with van der Waals surface area (Å²) in [6.45, 7) is 2.41. The van der Waals surface area contributed by atoms with Gasteiger partial charge in [0.25, 0.3) is 0 Å². The van der Waals surface area contributed by atoms with Crippen LogP contribution in [0.25, 0.3) is 0 Å². The second kappa shape index (κ2) is 6.44. The van der Waals surface area contributed by atoms with Crippen molar-refractivity contribution in [1.82, 2.24) is 0 Å². The van der Waals surface area contributed by atoms with Crippen molar-refractivity contribution in [2.45, 2.75) is 51.2 Å². The first-order valence-electron chi connectivity index (χ1n) is 6.91. The standard InChI is InChI=1S/C15H21F2NO/c1-10-5-7-12(16)14(15(10)17)13(18)8-6-11-4-2-3-9-19-11/h5,7,11,13H,2-4,6,8-9,18H2,1H3. The molecule has 2 atom stereocenters. The Hall–Kier alpha value is -1.00. The number of rotatable bonds is 4. The fourth-order valence-electron chi connectivity index (χ4n) is 2.56. The van der Waals surface area contributed by atoms with Crippen LogP contribution in [0.5, 0.6) is 0 Å². The lowest BCUT2D eigenvalue weighted by molar-refractivity contribution is 0.00902. The quantitative estimate of drug-likeness (QED) is 0.906. The molecular weight excluding hydrogens is 248 g/mol. The molecule has 1 aromatic carbocycles. The lowest BCUT2D eigenvalue weighted by atomic mass is 9.96. The molecule has 0 bridgehead atoms. The molecule has 2 nitrogen and oxygen atoms in total. The molecular formula is C15H21F2NO. The van der Waals surface area contributed by atoms with Gasteiger partial charge in [-0.25, -0.2) is 8.78 Å². The lowest BCUT2D eigenvalue weighted by Gasteiger charge is -2.24. The van der Waals surface area contributed by atoms with Crippen LogP contribution in [0.1, 0.15) is 49.3 Å². The van der Waals surface area contributed by atoms with E-state index in [1.807, 2.05) is 0 Å². The third-order valence-corrected chi connectivity index (χ3v) is 3.76. The maximum Gasteiger partial charge on any atom is 0.133 e. The van der Waals surface area contributed by atoms with Gasteiger partial charge in [-0.1, -0.05) is 6.07 Å². The van der Waals surface area contributed by atoms with Gasteiger partial charge >= 0.3 is 0 Å². The SMILES string of the molecule is Cc1ccc(F)c(C(N)CCC2CCCCO2)c1F. The summed E-state index contributed by atoms with van der Waals surface area (Å²) in [4.78, 5) is 0.